The van der Waals surface area contributed by atoms with Crippen LogP contribution in [0.4, 0.5) is 69.3 Å². The molecule has 82 heavy (non-hydrogen) atoms. The molecule has 1 aliphatic carbocycles. The number of aromatic nitrogens is 6. The Morgan fingerprint density at radius 3 is 1.35 bits per heavy atom. The molecule has 2 aromatic heterocycles. The Morgan fingerprint density at radius 1 is 0.476 bits per heavy atom. The SMILES string of the molecule is Nc1c(/N=N/c2cc(Nc3nc(Cl)nc(Nc4cccc(S(=O)(=O)O)c4)n3)ccc2S(=O)(=O)O)c(S(=O)(=O)O)cc2c1C(=O)/C(=N\Nc1cc(Nc3nc(Cl)nc(Nc4cccc(S(=O)(=O)O)c4)n3)ccc1S(=O)(=O)O)C(S(=O)(=O)O)=C2. The Morgan fingerprint density at radius 2 is 0.915 bits per heavy atom. The number of hydrogen-bond acceptors (Lipinski definition) is 28. The lowest BCUT2D eigenvalue weighted by Gasteiger charge is -2.20. The van der Waals surface area contributed by atoms with Crippen molar-refractivity contribution in [3.63, 3.8) is 0 Å². The van der Waals surface area contributed by atoms with Crippen LogP contribution in [0.3, 0.4) is 0 Å². The first-order valence-corrected chi connectivity index (χ1v) is 30.6. The summed E-state index contributed by atoms with van der Waals surface area (Å²) >= 11 is 12.2. The number of nitrogens with two attached hydrogens (primary N) is 1. The number of hydrazone groups is 1. The van der Waals surface area contributed by atoms with E-state index in [-0.39, 0.29) is 46.5 Å². The number of Topliss-reactive ketones (excluding diaryl/α,β-unsaturated/α-hetero) is 1. The third-order valence-electron chi connectivity index (χ3n) is 10.4. The standard InChI is InChI=1S/C40H29Cl2N15O19S6/c41-35-48-37(44-18-3-1-5-22(13-18)77(59,60)61)52-39(50-35)46-20-7-9-26(79(65,66)67)24(15-20)54-56-32-28(81(71,72)73)11-17-12-29(82(74,75)76)33(34(58)30(17)31(32)43)57-55-25-16-21(8-10-27(25)80(68,69)70)47-40-51-36(42)49-38(53-40)45-19-4-2-6-23(14-19)78(62,63)64/h1-16,55H,43H2,(H,59,60,61)(H,62,63,64)(H,65,66,67)(H,68,69,70)(H,71,72,73)(H,74,75,76)(H2,44,46,48,50,52)(H2,45,47,49,51,53)/b56-54+,57-33-. The van der Waals surface area contributed by atoms with Gasteiger partial charge in [0.15, 0.2) is 5.71 Å². The molecular weight excluding hydrogens is 1260 g/mol. The zero-order valence-corrected chi connectivity index (χ0v) is 45.9. The predicted octanol–water partition coefficient (Wildman–Crippen LogP) is 5.46. The number of halogens is 2. The van der Waals surface area contributed by atoms with E-state index in [4.69, 9.17) is 28.9 Å². The van der Waals surface area contributed by atoms with Gasteiger partial charge in [-0.1, -0.05) is 12.1 Å². The number of nitrogen functional groups attached to an aromatic ring is 1. The van der Waals surface area contributed by atoms with Gasteiger partial charge >= 0.3 is 0 Å². The third-order valence-corrected chi connectivity index (χ3v) is 16.0. The van der Waals surface area contributed by atoms with E-state index in [2.05, 4.69) is 71.9 Å². The number of benzene rings is 5. The number of anilines is 10. The molecule has 0 unspecified atom stereocenters. The number of ketones is 1. The number of nitrogens with zero attached hydrogens (tertiary/aromatic N) is 9. The molecule has 428 valence electrons. The molecule has 7 aromatic rings. The van der Waals surface area contributed by atoms with Crippen LogP contribution in [0.1, 0.15) is 15.9 Å². The number of fused-ring (bicyclic) bond motifs is 1. The van der Waals surface area contributed by atoms with Crippen molar-refractivity contribution < 1.29 is 82.6 Å². The molecule has 0 spiro atoms. The minimum Gasteiger partial charge on any atom is -0.396 e. The molecule has 0 aliphatic heterocycles. The Hall–Kier alpha value is -8.36. The van der Waals surface area contributed by atoms with E-state index in [9.17, 15) is 82.6 Å². The van der Waals surface area contributed by atoms with Crippen molar-refractivity contribution in [1.82, 2.24) is 29.9 Å². The molecule has 0 atom stereocenters. The maximum Gasteiger partial charge on any atom is 0.296 e. The Kier molecular flexibility index (Phi) is 16.2. The van der Waals surface area contributed by atoms with Gasteiger partial charge in [-0.05, 0) is 114 Å². The van der Waals surface area contributed by atoms with Gasteiger partial charge in [0.2, 0.25) is 40.1 Å². The fourth-order valence-corrected chi connectivity index (χ4v) is 11.0. The van der Waals surface area contributed by atoms with E-state index in [1.165, 1.54) is 24.3 Å². The quantitative estimate of drug-likeness (QED) is 0.0219. The Labute approximate surface area is 470 Å². The van der Waals surface area contributed by atoms with Crippen LogP contribution in [0.2, 0.25) is 10.6 Å². The molecule has 0 amide bonds. The first-order valence-electron chi connectivity index (χ1n) is 21.2. The summed E-state index contributed by atoms with van der Waals surface area (Å²) in [6, 6.07) is 15.2. The highest BCUT2D eigenvalue weighted by Gasteiger charge is 2.37. The third kappa shape index (κ3) is 14.0. The van der Waals surface area contributed by atoms with Gasteiger partial charge in [-0.2, -0.15) is 85.5 Å². The van der Waals surface area contributed by atoms with E-state index in [0.29, 0.717) is 12.1 Å². The Balaban J connectivity index is 1.15. The average Bonchev–Trinajstić information content (AvgIpc) is 3.30. The van der Waals surface area contributed by atoms with Crippen LogP contribution in [-0.2, 0) is 60.7 Å². The van der Waals surface area contributed by atoms with Gasteiger partial charge < -0.3 is 27.0 Å². The molecule has 13 N–H and O–H groups in total. The van der Waals surface area contributed by atoms with Crippen molar-refractivity contribution in [2.24, 2.45) is 15.3 Å². The first-order chi connectivity index (χ1) is 38.0. The van der Waals surface area contributed by atoms with Crippen LogP contribution in [0, 0.1) is 0 Å². The van der Waals surface area contributed by atoms with Crippen molar-refractivity contribution in [1.29, 1.82) is 0 Å². The molecular formula is C40H29Cl2N15O19S6. The highest BCUT2D eigenvalue weighted by Crippen LogP contribution is 2.42. The van der Waals surface area contributed by atoms with Gasteiger partial charge in [0.25, 0.3) is 60.7 Å². The summed E-state index contributed by atoms with van der Waals surface area (Å²) < 4.78 is 208. The highest BCUT2D eigenvalue weighted by atomic mass is 35.5. The average molecular weight is 1290 g/mol. The molecule has 8 rings (SSSR count). The molecule has 42 heteroatoms. The highest BCUT2D eigenvalue weighted by molar-refractivity contribution is 7.91. The number of carbonyl (C=O) groups excluding carboxylic acids is 1. The lowest BCUT2D eigenvalue weighted by atomic mass is 9.92. The molecule has 34 nitrogen and oxygen atoms in total. The molecule has 0 saturated carbocycles. The second-order valence-corrected chi connectivity index (χ2v) is 25.1. The van der Waals surface area contributed by atoms with Crippen molar-refractivity contribution in [3.05, 3.63) is 118 Å². The minimum atomic E-state index is -5.60. The van der Waals surface area contributed by atoms with Gasteiger partial charge in [0, 0.05) is 22.7 Å². The van der Waals surface area contributed by atoms with E-state index in [1.807, 2.05) is 0 Å². The summed E-state index contributed by atoms with van der Waals surface area (Å²) in [5.74, 6) is -2.99. The summed E-state index contributed by atoms with van der Waals surface area (Å²) in [6.45, 7) is 0. The predicted molar refractivity (Wildman–Crippen MR) is 288 cm³/mol. The van der Waals surface area contributed by atoms with Crippen molar-refractivity contribution in [2.75, 3.05) is 32.4 Å². The topological polar surface area (TPSA) is 544 Å². The molecule has 5 aromatic carbocycles. The monoisotopic (exact) mass is 1280 g/mol. The fourth-order valence-electron chi connectivity index (χ4n) is 7.04. The van der Waals surface area contributed by atoms with Crippen molar-refractivity contribution in [2.45, 2.75) is 24.5 Å². The van der Waals surface area contributed by atoms with Crippen LogP contribution in [0.5, 0.6) is 0 Å². The summed E-state index contributed by atoms with van der Waals surface area (Å²) in [4.78, 5) is 32.3. The number of nitrogens with one attached hydrogen (secondary N) is 5. The number of allylic oxidation sites excluding steroid dienone is 1. The first kappa shape index (κ1) is 59.8. The minimum absolute atomic E-state index is 0.0428. The summed E-state index contributed by atoms with van der Waals surface area (Å²) in [6.07, 6.45) is 0.450. The molecule has 0 saturated heterocycles. The van der Waals surface area contributed by atoms with E-state index in [1.54, 1.807) is 0 Å². The molecule has 1 aliphatic rings. The smallest absolute Gasteiger partial charge is 0.296 e. The van der Waals surface area contributed by atoms with Crippen LogP contribution >= 0.6 is 23.2 Å². The van der Waals surface area contributed by atoms with E-state index < -0.39 is 146 Å². The lowest BCUT2D eigenvalue weighted by Crippen LogP contribution is -2.28. The maximum atomic E-state index is 14.4. The normalized spacial score (nSPS) is 13.8. The second kappa shape index (κ2) is 22.2. The largest absolute Gasteiger partial charge is 0.396 e. The number of hydrogen-bond donors (Lipinski definition) is 12. The van der Waals surface area contributed by atoms with Gasteiger partial charge in [-0.3, -0.25) is 37.5 Å². The van der Waals surface area contributed by atoms with Gasteiger partial charge in [0.05, 0.1) is 26.7 Å². The summed E-state index contributed by atoms with van der Waals surface area (Å²) in [5, 5.41) is 20.7. The van der Waals surface area contributed by atoms with Gasteiger partial charge in [0.1, 0.15) is 31.0 Å². The van der Waals surface area contributed by atoms with E-state index in [0.717, 1.165) is 60.7 Å². The van der Waals surface area contributed by atoms with Crippen LogP contribution < -0.4 is 32.4 Å². The number of carbonyl (C=O) groups is 1. The second-order valence-electron chi connectivity index (χ2n) is 16.0. The Bertz CT molecular complexity index is 4700. The molecule has 2 heterocycles. The molecule has 0 fully saturated rings. The zero-order chi connectivity index (χ0) is 60.1. The summed E-state index contributed by atoms with van der Waals surface area (Å²) in [5.41, 5.74) is 1.42. The molecule has 0 radical (unpaired) electrons. The number of rotatable bonds is 18. The van der Waals surface area contributed by atoms with Gasteiger partial charge in [-0.25, -0.2) is 0 Å². The number of azo groups is 1. The van der Waals surface area contributed by atoms with E-state index >= 15 is 0 Å². The van der Waals surface area contributed by atoms with Crippen LogP contribution in [0.25, 0.3) is 6.08 Å². The molecule has 0 bridgehead atoms. The lowest BCUT2D eigenvalue weighted by molar-refractivity contribution is 0.106. The van der Waals surface area contributed by atoms with Crippen LogP contribution in [0.15, 0.2) is 136 Å². The summed E-state index contributed by atoms with van der Waals surface area (Å²) in [7, 11) is -30.9. The van der Waals surface area contributed by atoms with Crippen molar-refractivity contribution in [3.8, 4) is 0 Å². The maximum absolute atomic E-state index is 14.4. The van der Waals surface area contributed by atoms with Crippen molar-refractivity contribution >= 4 is 171 Å². The van der Waals surface area contributed by atoms with Gasteiger partial charge in [-0.15, -0.1) is 10.2 Å². The zero-order valence-electron chi connectivity index (χ0n) is 39.5. The fraction of sp³-hybridized carbons (Fsp3) is 0. The van der Waals surface area contributed by atoms with Crippen LogP contribution in [-0.4, -0.2) is 119 Å².